The van der Waals surface area contributed by atoms with Gasteiger partial charge in [-0.15, -0.1) is 0 Å². The molecule has 0 bridgehead atoms. The van der Waals surface area contributed by atoms with E-state index in [-0.39, 0.29) is 5.78 Å². The fourth-order valence-corrected chi connectivity index (χ4v) is 3.21. The number of aromatic nitrogens is 2. The molecule has 4 aromatic rings. The molecule has 0 atom stereocenters. The Hall–Kier alpha value is -2.98. The third kappa shape index (κ3) is 3.11. The van der Waals surface area contributed by atoms with E-state index < -0.39 is 0 Å². The van der Waals surface area contributed by atoms with Crippen LogP contribution >= 0.6 is 15.9 Å². The molecular formula is C22H15BrN2O. The molecule has 3 nitrogen and oxygen atoms in total. The predicted octanol–water partition coefficient (Wildman–Crippen LogP) is 5.74. The fraction of sp³-hybridized carbons (Fsp3) is 0. The number of aromatic amines is 1. The summed E-state index contributed by atoms with van der Waals surface area (Å²) in [7, 11) is 0. The average Bonchev–Trinajstić information content (AvgIpc) is 3.14. The normalized spacial score (nSPS) is 10.7. The number of hydrogen-bond acceptors (Lipinski definition) is 2. The first-order valence-corrected chi connectivity index (χ1v) is 9.03. The Kier molecular flexibility index (Phi) is 4.50. The summed E-state index contributed by atoms with van der Waals surface area (Å²) in [5.74, 6) is -0.0711. The highest BCUT2D eigenvalue weighted by Crippen LogP contribution is 2.34. The molecule has 0 amide bonds. The van der Waals surface area contributed by atoms with Crippen molar-refractivity contribution in [3.8, 4) is 22.4 Å². The molecule has 0 fully saturated rings. The second-order valence-electron chi connectivity index (χ2n) is 5.89. The summed E-state index contributed by atoms with van der Waals surface area (Å²) in [4.78, 5) is 13.1. The van der Waals surface area contributed by atoms with Crippen LogP contribution in [0.15, 0.2) is 89.4 Å². The zero-order valence-corrected chi connectivity index (χ0v) is 15.4. The Morgan fingerprint density at radius 2 is 1.38 bits per heavy atom. The van der Waals surface area contributed by atoms with E-state index in [0.717, 1.165) is 26.9 Å². The van der Waals surface area contributed by atoms with Crippen molar-refractivity contribution in [2.75, 3.05) is 0 Å². The van der Waals surface area contributed by atoms with Crippen LogP contribution in [0, 0.1) is 0 Å². The summed E-state index contributed by atoms with van der Waals surface area (Å²) >= 11 is 3.47. The summed E-state index contributed by atoms with van der Waals surface area (Å²) in [6.07, 6.45) is 0. The minimum Gasteiger partial charge on any atom is -0.287 e. The first-order valence-electron chi connectivity index (χ1n) is 8.23. The summed E-state index contributed by atoms with van der Waals surface area (Å²) in [6, 6.07) is 27.1. The third-order valence-corrected chi connectivity index (χ3v) is 4.74. The quantitative estimate of drug-likeness (QED) is 0.442. The molecule has 0 spiro atoms. The summed E-state index contributed by atoms with van der Waals surface area (Å²) < 4.78 is 0.988. The second-order valence-corrected chi connectivity index (χ2v) is 6.81. The van der Waals surface area contributed by atoms with E-state index in [1.807, 2.05) is 84.9 Å². The van der Waals surface area contributed by atoms with Crippen molar-refractivity contribution in [3.05, 3.63) is 101 Å². The van der Waals surface area contributed by atoms with Crippen molar-refractivity contribution in [2.24, 2.45) is 0 Å². The Morgan fingerprint density at radius 3 is 2.04 bits per heavy atom. The number of nitrogens with one attached hydrogen (secondary N) is 1. The maximum Gasteiger partial charge on any atom is 0.211 e. The van der Waals surface area contributed by atoms with Crippen LogP contribution in [-0.4, -0.2) is 16.0 Å². The smallest absolute Gasteiger partial charge is 0.211 e. The maximum atomic E-state index is 13.1. The molecule has 4 heteroatoms. The Bertz CT molecular complexity index is 1040. The Balaban J connectivity index is 1.91. The molecule has 3 aromatic carbocycles. The van der Waals surface area contributed by atoms with Gasteiger partial charge in [0.2, 0.25) is 5.78 Å². The van der Waals surface area contributed by atoms with E-state index in [1.54, 1.807) is 0 Å². The largest absolute Gasteiger partial charge is 0.287 e. The highest BCUT2D eigenvalue weighted by Gasteiger charge is 2.22. The molecule has 126 valence electrons. The molecule has 0 aliphatic carbocycles. The molecule has 1 aromatic heterocycles. The van der Waals surface area contributed by atoms with Crippen LogP contribution in [0.25, 0.3) is 22.4 Å². The Morgan fingerprint density at radius 1 is 0.769 bits per heavy atom. The SMILES string of the molecule is O=C(c1ccccc1)c1[nH]nc(-c2ccccc2)c1-c1ccc(Br)cc1. The lowest BCUT2D eigenvalue weighted by molar-refractivity contribution is 0.103. The number of H-pyrrole nitrogens is 1. The van der Waals surface area contributed by atoms with E-state index in [2.05, 4.69) is 26.1 Å². The van der Waals surface area contributed by atoms with Crippen LogP contribution in [0.2, 0.25) is 0 Å². The number of benzene rings is 3. The first kappa shape index (κ1) is 16.5. The van der Waals surface area contributed by atoms with Crippen molar-refractivity contribution in [2.45, 2.75) is 0 Å². The van der Waals surface area contributed by atoms with Gasteiger partial charge >= 0.3 is 0 Å². The zero-order valence-electron chi connectivity index (χ0n) is 13.8. The van der Waals surface area contributed by atoms with Gasteiger partial charge in [0.15, 0.2) is 0 Å². The first-order chi connectivity index (χ1) is 12.7. The van der Waals surface area contributed by atoms with E-state index in [4.69, 9.17) is 0 Å². The number of nitrogens with zero attached hydrogens (tertiary/aromatic N) is 1. The highest BCUT2D eigenvalue weighted by molar-refractivity contribution is 9.10. The van der Waals surface area contributed by atoms with Crippen LogP contribution in [0.1, 0.15) is 16.1 Å². The molecule has 0 saturated heterocycles. The molecule has 4 rings (SSSR count). The highest BCUT2D eigenvalue weighted by atomic mass is 79.9. The summed E-state index contributed by atoms with van der Waals surface area (Å²) in [6.45, 7) is 0. The van der Waals surface area contributed by atoms with Crippen LogP contribution < -0.4 is 0 Å². The van der Waals surface area contributed by atoms with Gasteiger partial charge in [0.1, 0.15) is 11.4 Å². The van der Waals surface area contributed by atoms with Crippen LogP contribution in [0.3, 0.4) is 0 Å². The molecule has 0 unspecified atom stereocenters. The molecule has 0 saturated carbocycles. The number of halogens is 1. The second kappa shape index (κ2) is 7.10. The molecule has 0 aliphatic rings. The van der Waals surface area contributed by atoms with Crippen LogP contribution in [0.4, 0.5) is 0 Å². The molecule has 1 heterocycles. The number of ketones is 1. The van der Waals surface area contributed by atoms with E-state index in [1.165, 1.54) is 0 Å². The number of carbonyl (C=O) groups excluding carboxylic acids is 1. The topological polar surface area (TPSA) is 45.8 Å². The predicted molar refractivity (Wildman–Crippen MR) is 107 cm³/mol. The van der Waals surface area contributed by atoms with Crippen molar-refractivity contribution in [3.63, 3.8) is 0 Å². The molecule has 0 aliphatic heterocycles. The van der Waals surface area contributed by atoms with Gasteiger partial charge in [-0.2, -0.15) is 5.10 Å². The fourth-order valence-electron chi connectivity index (χ4n) is 2.94. The van der Waals surface area contributed by atoms with Gasteiger partial charge in [-0.05, 0) is 17.7 Å². The van der Waals surface area contributed by atoms with Crippen molar-refractivity contribution in [1.82, 2.24) is 10.2 Å². The van der Waals surface area contributed by atoms with E-state index in [0.29, 0.717) is 11.3 Å². The van der Waals surface area contributed by atoms with E-state index >= 15 is 0 Å². The van der Waals surface area contributed by atoms with Gasteiger partial charge in [-0.25, -0.2) is 0 Å². The van der Waals surface area contributed by atoms with Crippen molar-refractivity contribution < 1.29 is 4.79 Å². The average molecular weight is 403 g/mol. The minimum absolute atomic E-state index is 0.0711. The van der Waals surface area contributed by atoms with Crippen molar-refractivity contribution in [1.29, 1.82) is 0 Å². The number of hydrogen-bond donors (Lipinski definition) is 1. The number of carbonyl (C=O) groups is 1. The molecule has 1 N–H and O–H groups in total. The minimum atomic E-state index is -0.0711. The summed E-state index contributed by atoms with van der Waals surface area (Å²) in [5, 5.41) is 7.45. The van der Waals surface area contributed by atoms with Gasteiger partial charge in [0, 0.05) is 21.2 Å². The lowest BCUT2D eigenvalue weighted by atomic mass is 9.95. The van der Waals surface area contributed by atoms with Crippen molar-refractivity contribution >= 4 is 21.7 Å². The Labute approximate surface area is 159 Å². The van der Waals surface area contributed by atoms with Gasteiger partial charge in [0.25, 0.3) is 0 Å². The van der Waals surface area contributed by atoms with Gasteiger partial charge < -0.3 is 0 Å². The lowest BCUT2D eigenvalue weighted by Gasteiger charge is -2.07. The lowest BCUT2D eigenvalue weighted by Crippen LogP contribution is -2.03. The van der Waals surface area contributed by atoms with E-state index in [9.17, 15) is 4.79 Å². The molecule has 0 radical (unpaired) electrons. The van der Waals surface area contributed by atoms with Gasteiger partial charge in [-0.3, -0.25) is 9.89 Å². The molecular weight excluding hydrogens is 388 g/mol. The van der Waals surface area contributed by atoms with Crippen LogP contribution in [-0.2, 0) is 0 Å². The number of rotatable bonds is 4. The maximum absolute atomic E-state index is 13.1. The van der Waals surface area contributed by atoms with Gasteiger partial charge in [-0.1, -0.05) is 88.7 Å². The third-order valence-electron chi connectivity index (χ3n) is 4.21. The summed E-state index contributed by atoms with van der Waals surface area (Å²) in [5.41, 5.74) is 4.63. The standard InChI is InChI=1S/C22H15BrN2O/c23-18-13-11-15(12-14-18)19-20(16-7-3-1-4-8-16)24-25-21(19)22(26)17-9-5-2-6-10-17/h1-14H,(H,24,25). The van der Waals surface area contributed by atoms with Gasteiger partial charge in [0.05, 0.1) is 0 Å². The zero-order chi connectivity index (χ0) is 17.9. The monoisotopic (exact) mass is 402 g/mol. The van der Waals surface area contributed by atoms with Crippen LogP contribution in [0.5, 0.6) is 0 Å². The molecule has 26 heavy (non-hydrogen) atoms.